The second kappa shape index (κ2) is 17.0. The number of piperidine rings is 1. The zero-order valence-electron chi connectivity index (χ0n) is 33.4. The standard InChI is InChI=1S/C41H50F3N7O6S/c1-25-22-48(23-26(2)49(25)24-35(53)46-29-9-7-28(8-10-29)40(5)17-16-34(52)47-36(40)54)18-19-57-31-13-11-30(12-14-31)50-38(56)51(37(55)39(50,3)4)58-32-15-6-27(21-45)33(20-32)41(42,43)44/h6-10,15,20,25-26,30-31H,11-14,16-19,22-24H2,1-5H3,(H,46,53)(H,47,52,54)/t25-,26+,30?,31?,40-/m1/s1. The fraction of sp³-hybridized carbons (Fsp3) is 0.561. The minimum absolute atomic E-state index is 0.0153. The maximum atomic E-state index is 13.6. The van der Waals surface area contributed by atoms with Gasteiger partial charge in [-0.05, 0) is 115 Å². The summed E-state index contributed by atoms with van der Waals surface area (Å²) in [7, 11) is 0. The maximum absolute atomic E-state index is 13.6. The molecule has 0 bridgehead atoms. The molecule has 0 spiro atoms. The van der Waals surface area contributed by atoms with Crippen molar-refractivity contribution in [2.75, 3.05) is 38.1 Å². The summed E-state index contributed by atoms with van der Waals surface area (Å²) >= 11 is 0.633. The van der Waals surface area contributed by atoms with Crippen LogP contribution in [0.5, 0.6) is 0 Å². The van der Waals surface area contributed by atoms with E-state index in [1.807, 2.05) is 19.1 Å². The molecule has 3 atom stereocenters. The highest BCUT2D eigenvalue weighted by molar-refractivity contribution is 7.98. The lowest BCUT2D eigenvalue weighted by Crippen LogP contribution is -2.58. The van der Waals surface area contributed by atoms with Gasteiger partial charge >= 0.3 is 12.2 Å². The van der Waals surface area contributed by atoms with Crippen LogP contribution in [0.1, 0.15) is 89.8 Å². The van der Waals surface area contributed by atoms with Crippen molar-refractivity contribution < 1.29 is 41.9 Å². The number of halogens is 3. The number of carbonyl (C=O) groups excluding carboxylic acids is 5. The molecule has 1 aliphatic carbocycles. The second-order valence-corrected chi connectivity index (χ2v) is 17.5. The predicted molar refractivity (Wildman–Crippen MR) is 209 cm³/mol. The molecule has 6 amide bonds. The number of nitrogens with zero attached hydrogens (tertiary/aromatic N) is 5. The molecule has 13 nitrogen and oxygen atoms in total. The van der Waals surface area contributed by atoms with Crippen LogP contribution in [0, 0.1) is 11.3 Å². The molecule has 6 rings (SSSR count). The molecule has 58 heavy (non-hydrogen) atoms. The normalized spacial score (nSPS) is 27.1. The number of imide groups is 2. The molecular weight excluding hydrogens is 776 g/mol. The monoisotopic (exact) mass is 825 g/mol. The summed E-state index contributed by atoms with van der Waals surface area (Å²) in [5.41, 5.74) is -2.24. The first kappa shape index (κ1) is 43.1. The quantitative estimate of drug-likeness (QED) is 0.164. The number of ether oxygens (including phenoxy) is 1. The first-order valence-electron chi connectivity index (χ1n) is 19.6. The Bertz CT molecular complexity index is 1950. The molecular formula is C41H50F3N7O6S. The molecule has 3 saturated heterocycles. The summed E-state index contributed by atoms with van der Waals surface area (Å²) in [6.45, 7) is 12.3. The minimum atomic E-state index is -4.77. The van der Waals surface area contributed by atoms with E-state index in [2.05, 4.69) is 34.3 Å². The zero-order valence-corrected chi connectivity index (χ0v) is 34.2. The number of hydrogen-bond acceptors (Lipinski definition) is 10. The fourth-order valence-corrected chi connectivity index (χ4v) is 9.61. The Morgan fingerprint density at radius 3 is 2.26 bits per heavy atom. The van der Waals surface area contributed by atoms with Crippen LogP contribution in [0.2, 0.25) is 0 Å². The summed E-state index contributed by atoms with van der Waals surface area (Å²) < 4.78 is 47.9. The van der Waals surface area contributed by atoms with Gasteiger partial charge in [0.2, 0.25) is 17.7 Å². The van der Waals surface area contributed by atoms with E-state index in [1.54, 1.807) is 30.9 Å². The van der Waals surface area contributed by atoms with E-state index >= 15 is 0 Å². The number of alkyl halides is 3. The number of carbonyl (C=O) groups is 5. The van der Waals surface area contributed by atoms with Crippen molar-refractivity contribution in [1.82, 2.24) is 24.3 Å². The van der Waals surface area contributed by atoms with Crippen LogP contribution >= 0.6 is 11.9 Å². The molecule has 1 saturated carbocycles. The van der Waals surface area contributed by atoms with E-state index < -0.39 is 40.2 Å². The van der Waals surface area contributed by atoms with Crippen LogP contribution in [0.4, 0.5) is 23.7 Å². The van der Waals surface area contributed by atoms with Crippen molar-refractivity contribution in [3.63, 3.8) is 0 Å². The van der Waals surface area contributed by atoms with Crippen molar-refractivity contribution in [2.24, 2.45) is 0 Å². The van der Waals surface area contributed by atoms with Gasteiger partial charge in [-0.25, -0.2) is 4.79 Å². The number of anilines is 1. The Labute approximate surface area is 340 Å². The van der Waals surface area contributed by atoms with E-state index in [4.69, 9.17) is 10.00 Å². The molecule has 2 aromatic rings. The van der Waals surface area contributed by atoms with E-state index in [1.165, 1.54) is 12.1 Å². The highest BCUT2D eigenvalue weighted by atomic mass is 32.2. The first-order chi connectivity index (χ1) is 27.3. The van der Waals surface area contributed by atoms with Gasteiger partial charge in [0.05, 0.1) is 41.9 Å². The number of nitriles is 1. The predicted octanol–water partition coefficient (Wildman–Crippen LogP) is 5.68. The Hall–Kier alpha value is -4.50. The molecule has 2 aromatic carbocycles. The van der Waals surface area contributed by atoms with E-state index in [9.17, 15) is 37.1 Å². The van der Waals surface area contributed by atoms with E-state index in [-0.39, 0.29) is 59.8 Å². The fourth-order valence-electron chi connectivity index (χ4n) is 8.63. The summed E-state index contributed by atoms with van der Waals surface area (Å²) in [6, 6.07) is 11.3. The molecule has 3 aliphatic heterocycles. The van der Waals surface area contributed by atoms with Crippen LogP contribution in [-0.2, 0) is 35.5 Å². The third-order valence-corrected chi connectivity index (χ3v) is 13.0. The highest BCUT2D eigenvalue weighted by Crippen LogP contribution is 2.42. The average Bonchev–Trinajstić information content (AvgIpc) is 3.33. The molecule has 312 valence electrons. The van der Waals surface area contributed by atoms with Crippen LogP contribution in [0.15, 0.2) is 47.4 Å². The lowest BCUT2D eigenvalue weighted by atomic mass is 9.75. The molecule has 17 heteroatoms. The van der Waals surface area contributed by atoms with Crippen molar-refractivity contribution in [3.8, 4) is 6.07 Å². The van der Waals surface area contributed by atoms with Crippen molar-refractivity contribution in [2.45, 2.75) is 119 Å². The molecule has 0 aromatic heterocycles. The summed E-state index contributed by atoms with van der Waals surface area (Å²) in [5.74, 6) is -1.23. The number of urea groups is 1. The lowest BCUT2D eigenvalue weighted by molar-refractivity contribution is -0.138. The third kappa shape index (κ3) is 9.05. The van der Waals surface area contributed by atoms with Crippen molar-refractivity contribution >= 4 is 47.3 Å². The van der Waals surface area contributed by atoms with Crippen molar-refractivity contribution in [3.05, 3.63) is 59.2 Å². The van der Waals surface area contributed by atoms with Crippen LogP contribution in [0.25, 0.3) is 0 Å². The first-order valence-corrected chi connectivity index (χ1v) is 20.4. The number of piperazine rings is 1. The van der Waals surface area contributed by atoms with Gasteiger partial charge in [-0.2, -0.15) is 22.7 Å². The molecule has 0 unspecified atom stereocenters. The van der Waals surface area contributed by atoms with E-state index in [0.29, 0.717) is 56.3 Å². The second-order valence-electron chi connectivity index (χ2n) is 16.5. The maximum Gasteiger partial charge on any atom is 0.417 e. The number of nitrogens with one attached hydrogen (secondary N) is 2. The zero-order chi connectivity index (χ0) is 42.2. The topological polar surface area (TPSA) is 155 Å². The number of amides is 6. The Balaban J connectivity index is 0.934. The van der Waals surface area contributed by atoms with Gasteiger partial charge in [0.1, 0.15) is 5.54 Å². The SMILES string of the molecule is C[C@@H]1CN(CCOC2CCC(N3C(=O)N(Sc4ccc(C#N)c(C(F)(F)F)c4)C(=O)C3(C)C)CC2)C[C@H](C)N1CC(=O)Nc1ccc([C@@]2(C)CCC(=O)NC2=O)cc1. The largest absolute Gasteiger partial charge is 0.417 e. The summed E-state index contributed by atoms with van der Waals surface area (Å²) in [4.78, 5) is 70.4. The van der Waals surface area contributed by atoms with Crippen LogP contribution < -0.4 is 10.6 Å². The van der Waals surface area contributed by atoms with E-state index in [0.717, 1.165) is 41.6 Å². The van der Waals surface area contributed by atoms with Gasteiger partial charge in [-0.3, -0.25) is 34.3 Å². The Morgan fingerprint density at radius 1 is 1.00 bits per heavy atom. The average molecular weight is 826 g/mol. The summed E-state index contributed by atoms with van der Waals surface area (Å²) in [6.07, 6.45) is -1.48. The van der Waals surface area contributed by atoms with Gasteiger partial charge in [0.15, 0.2) is 0 Å². The Morgan fingerprint density at radius 2 is 1.66 bits per heavy atom. The van der Waals surface area contributed by atoms with Gasteiger partial charge in [-0.1, -0.05) is 12.1 Å². The molecule has 4 aliphatic rings. The molecule has 4 fully saturated rings. The lowest BCUT2D eigenvalue weighted by Gasteiger charge is -2.44. The van der Waals surface area contributed by atoms with Gasteiger partial charge < -0.3 is 15.0 Å². The van der Waals surface area contributed by atoms with Crippen LogP contribution in [0.3, 0.4) is 0 Å². The van der Waals surface area contributed by atoms with Crippen molar-refractivity contribution in [1.29, 1.82) is 5.26 Å². The minimum Gasteiger partial charge on any atom is -0.377 e. The van der Waals surface area contributed by atoms with Gasteiger partial charge in [-0.15, -0.1) is 0 Å². The Kier molecular flexibility index (Phi) is 12.6. The number of benzene rings is 2. The molecule has 0 radical (unpaired) electrons. The number of rotatable bonds is 11. The van der Waals surface area contributed by atoms with Gasteiger partial charge in [0, 0.05) is 54.8 Å². The smallest absolute Gasteiger partial charge is 0.377 e. The number of hydrogen-bond donors (Lipinski definition) is 2. The van der Waals surface area contributed by atoms with Crippen LogP contribution in [-0.4, -0.2) is 111 Å². The van der Waals surface area contributed by atoms with Gasteiger partial charge in [0.25, 0.3) is 5.91 Å². The third-order valence-electron chi connectivity index (χ3n) is 12.0. The molecule has 3 heterocycles. The highest BCUT2D eigenvalue weighted by Gasteiger charge is 2.55. The molecule has 2 N–H and O–H groups in total. The summed E-state index contributed by atoms with van der Waals surface area (Å²) in [5, 5.41) is 14.5.